The van der Waals surface area contributed by atoms with E-state index in [4.69, 9.17) is 5.11 Å². The van der Waals surface area contributed by atoms with Crippen LogP contribution in [0.15, 0.2) is 0 Å². The van der Waals surface area contributed by atoms with Crippen LogP contribution in [-0.2, 0) is 16.1 Å². The zero-order chi connectivity index (χ0) is 10.8. The summed E-state index contributed by atoms with van der Waals surface area (Å²) in [6, 6.07) is -0.768. The van der Waals surface area contributed by atoms with E-state index in [1.807, 2.05) is 0 Å². The van der Waals surface area contributed by atoms with Gasteiger partial charge in [0, 0.05) is 6.42 Å². The van der Waals surface area contributed by atoms with Crippen LogP contribution in [0.2, 0.25) is 0 Å². The highest BCUT2D eigenvalue weighted by Gasteiger charge is 2.36. The van der Waals surface area contributed by atoms with Crippen molar-refractivity contribution in [2.45, 2.75) is 25.4 Å². The van der Waals surface area contributed by atoms with Crippen LogP contribution in [0, 0.1) is 0 Å². The third-order valence-corrected chi connectivity index (χ3v) is 2.31. The molecule has 1 fully saturated rings. The number of aromatic amines is 1. The quantitative estimate of drug-likeness (QED) is 0.647. The summed E-state index contributed by atoms with van der Waals surface area (Å²) < 4.78 is 0. The lowest BCUT2D eigenvalue weighted by molar-refractivity contribution is -0.146. The van der Waals surface area contributed by atoms with Crippen LogP contribution in [0.1, 0.15) is 18.7 Å². The predicted octanol–water partition coefficient (Wildman–Crippen LogP) is -1.22. The van der Waals surface area contributed by atoms with Crippen LogP contribution in [0.5, 0.6) is 0 Å². The molecule has 0 radical (unpaired) electrons. The van der Waals surface area contributed by atoms with Crippen LogP contribution in [0.25, 0.3) is 0 Å². The molecule has 1 aliphatic heterocycles. The molecule has 1 atom stereocenters. The van der Waals surface area contributed by atoms with Gasteiger partial charge in [-0.3, -0.25) is 4.79 Å². The van der Waals surface area contributed by atoms with Crippen LogP contribution in [0.4, 0.5) is 0 Å². The molecule has 1 aromatic rings. The van der Waals surface area contributed by atoms with Crippen molar-refractivity contribution in [3.8, 4) is 0 Å². The lowest BCUT2D eigenvalue weighted by Crippen LogP contribution is -2.38. The van der Waals surface area contributed by atoms with E-state index in [0.29, 0.717) is 12.2 Å². The summed E-state index contributed by atoms with van der Waals surface area (Å²) in [7, 11) is 0. The van der Waals surface area contributed by atoms with Gasteiger partial charge >= 0.3 is 5.97 Å². The van der Waals surface area contributed by atoms with E-state index in [9.17, 15) is 9.59 Å². The van der Waals surface area contributed by atoms with Crippen molar-refractivity contribution in [1.82, 2.24) is 25.5 Å². The van der Waals surface area contributed by atoms with Gasteiger partial charge in [-0.25, -0.2) is 4.79 Å². The van der Waals surface area contributed by atoms with Gasteiger partial charge in [-0.1, -0.05) is 5.21 Å². The van der Waals surface area contributed by atoms with Crippen molar-refractivity contribution in [1.29, 1.82) is 0 Å². The molecule has 8 nitrogen and oxygen atoms in total. The number of hydrogen-bond donors (Lipinski definition) is 2. The molecule has 0 aromatic carbocycles. The second-order valence-corrected chi connectivity index (χ2v) is 3.24. The third kappa shape index (κ3) is 1.78. The fraction of sp³-hybridized carbons (Fsp3) is 0.571. The summed E-state index contributed by atoms with van der Waals surface area (Å²) in [5, 5.41) is 21.8. The number of carbonyl (C=O) groups excluding carboxylic acids is 1. The topological polar surface area (TPSA) is 112 Å². The van der Waals surface area contributed by atoms with Crippen molar-refractivity contribution >= 4 is 11.9 Å². The molecule has 1 saturated heterocycles. The van der Waals surface area contributed by atoms with E-state index >= 15 is 0 Å². The minimum Gasteiger partial charge on any atom is -0.480 e. The van der Waals surface area contributed by atoms with Crippen molar-refractivity contribution in [2.24, 2.45) is 0 Å². The van der Waals surface area contributed by atoms with Gasteiger partial charge in [0.05, 0.1) is 6.54 Å². The number of tetrazole rings is 1. The van der Waals surface area contributed by atoms with Gasteiger partial charge in [0.15, 0.2) is 5.82 Å². The number of carbonyl (C=O) groups is 2. The van der Waals surface area contributed by atoms with E-state index in [0.717, 1.165) is 0 Å². The van der Waals surface area contributed by atoms with Gasteiger partial charge in [-0.2, -0.15) is 5.21 Å². The lowest BCUT2D eigenvalue weighted by atomic mass is 10.2. The minimum atomic E-state index is -0.996. The molecule has 1 amide bonds. The van der Waals surface area contributed by atoms with Crippen LogP contribution in [0.3, 0.4) is 0 Å². The Morgan fingerprint density at radius 3 is 3.07 bits per heavy atom. The summed E-state index contributed by atoms with van der Waals surface area (Å²) >= 11 is 0. The molecule has 80 valence electrons. The van der Waals surface area contributed by atoms with Gasteiger partial charge in [-0.05, 0) is 6.42 Å². The number of carboxylic acid groups (broad SMARTS) is 1. The number of carboxylic acids is 1. The molecule has 1 aromatic heterocycles. The first-order valence-electron chi connectivity index (χ1n) is 4.43. The maximum atomic E-state index is 11.4. The molecule has 0 bridgehead atoms. The van der Waals surface area contributed by atoms with Crippen LogP contribution in [-0.4, -0.2) is 48.5 Å². The minimum absolute atomic E-state index is 0.0896. The maximum Gasteiger partial charge on any atom is 0.326 e. The maximum absolute atomic E-state index is 11.4. The molecule has 0 spiro atoms. The fourth-order valence-electron chi connectivity index (χ4n) is 1.59. The summed E-state index contributed by atoms with van der Waals surface area (Å²) in [5.74, 6) is -0.868. The number of rotatable bonds is 3. The normalized spacial score (nSPS) is 20.9. The van der Waals surface area contributed by atoms with E-state index in [1.54, 1.807) is 0 Å². The van der Waals surface area contributed by atoms with Gasteiger partial charge in [0.25, 0.3) is 0 Å². The Bertz CT molecular complexity index is 376. The number of nitrogens with zero attached hydrogens (tertiary/aromatic N) is 4. The van der Waals surface area contributed by atoms with E-state index in [2.05, 4.69) is 20.6 Å². The summed E-state index contributed by atoms with van der Waals surface area (Å²) in [6.07, 6.45) is 0.598. The number of H-pyrrole nitrogens is 1. The van der Waals surface area contributed by atoms with Gasteiger partial charge < -0.3 is 10.0 Å². The summed E-state index contributed by atoms with van der Waals surface area (Å²) in [4.78, 5) is 23.5. The lowest BCUT2D eigenvalue weighted by Gasteiger charge is -2.19. The standard InChI is InChI=1S/C7H9N5O3/c13-6-2-1-4(7(14)15)12(6)3-5-8-10-11-9-5/h4H,1-3H2,(H,14,15)(H,8,9,10,11). The smallest absolute Gasteiger partial charge is 0.326 e. The van der Waals surface area contributed by atoms with Crippen molar-refractivity contribution in [3.05, 3.63) is 5.82 Å². The predicted molar refractivity (Wildman–Crippen MR) is 45.4 cm³/mol. The SMILES string of the molecule is O=C(O)C1CCC(=O)N1Cc1nn[nH]n1. The Morgan fingerprint density at radius 2 is 2.47 bits per heavy atom. The second kappa shape index (κ2) is 3.64. The Kier molecular flexibility index (Phi) is 2.32. The van der Waals surface area contributed by atoms with Crippen LogP contribution >= 0.6 is 0 Å². The highest BCUT2D eigenvalue weighted by molar-refractivity contribution is 5.87. The molecule has 1 aliphatic rings. The number of nitrogens with one attached hydrogen (secondary N) is 1. The number of likely N-dealkylation sites (tertiary alicyclic amines) is 1. The average Bonchev–Trinajstić information content (AvgIpc) is 2.78. The Morgan fingerprint density at radius 1 is 1.67 bits per heavy atom. The zero-order valence-electron chi connectivity index (χ0n) is 7.75. The second-order valence-electron chi connectivity index (χ2n) is 3.24. The van der Waals surface area contributed by atoms with Gasteiger partial charge in [-0.15, -0.1) is 10.2 Å². The third-order valence-electron chi connectivity index (χ3n) is 2.31. The first-order valence-corrected chi connectivity index (χ1v) is 4.43. The molecule has 2 N–H and O–H groups in total. The van der Waals surface area contributed by atoms with Crippen molar-refractivity contribution < 1.29 is 14.7 Å². The van der Waals surface area contributed by atoms with E-state index < -0.39 is 12.0 Å². The first kappa shape index (κ1) is 9.56. The average molecular weight is 211 g/mol. The molecular weight excluding hydrogens is 202 g/mol. The highest BCUT2D eigenvalue weighted by Crippen LogP contribution is 2.20. The Balaban J connectivity index is 2.11. The van der Waals surface area contributed by atoms with Gasteiger partial charge in [0.1, 0.15) is 6.04 Å². The molecular formula is C7H9N5O3. The highest BCUT2D eigenvalue weighted by atomic mass is 16.4. The van der Waals surface area contributed by atoms with Crippen molar-refractivity contribution in [3.63, 3.8) is 0 Å². The number of aliphatic carboxylic acids is 1. The molecule has 1 unspecified atom stereocenters. The van der Waals surface area contributed by atoms with Crippen LogP contribution < -0.4 is 0 Å². The molecule has 8 heteroatoms. The fourth-order valence-corrected chi connectivity index (χ4v) is 1.59. The monoisotopic (exact) mass is 211 g/mol. The first-order chi connectivity index (χ1) is 7.18. The van der Waals surface area contributed by atoms with Gasteiger partial charge in [0.2, 0.25) is 5.91 Å². The molecule has 15 heavy (non-hydrogen) atoms. The number of hydrogen-bond acceptors (Lipinski definition) is 5. The van der Waals surface area contributed by atoms with Crippen molar-refractivity contribution in [2.75, 3.05) is 0 Å². The summed E-state index contributed by atoms with van der Waals surface area (Å²) in [6.45, 7) is 0.0896. The Labute approximate surface area is 84.3 Å². The number of aromatic nitrogens is 4. The Hall–Kier alpha value is -1.99. The molecule has 0 aliphatic carbocycles. The summed E-state index contributed by atoms with van der Waals surface area (Å²) in [5.41, 5.74) is 0. The van der Waals surface area contributed by atoms with E-state index in [1.165, 1.54) is 4.90 Å². The largest absolute Gasteiger partial charge is 0.480 e. The molecule has 2 heterocycles. The molecule has 2 rings (SSSR count). The zero-order valence-corrected chi connectivity index (χ0v) is 7.75. The molecule has 0 saturated carbocycles. The van der Waals surface area contributed by atoms with E-state index in [-0.39, 0.29) is 18.9 Å². The number of amides is 1.